The summed E-state index contributed by atoms with van der Waals surface area (Å²) in [6.07, 6.45) is 0.336. The zero-order chi connectivity index (χ0) is 53.9. The van der Waals surface area contributed by atoms with E-state index >= 15 is 0 Å². The Bertz CT molecular complexity index is 4260. The van der Waals surface area contributed by atoms with Crippen molar-refractivity contribution >= 4 is 76.5 Å². The molecule has 0 atom stereocenters. The summed E-state index contributed by atoms with van der Waals surface area (Å²) in [4.78, 5) is 7.18. The first-order chi connectivity index (χ1) is 36.6. The number of nitrogens with zero attached hydrogens (tertiary/aromatic N) is 4. The van der Waals surface area contributed by atoms with Gasteiger partial charge in [-0.25, -0.2) is 4.98 Å². The average molecular weight is 1180 g/mol. The summed E-state index contributed by atoms with van der Waals surface area (Å²) in [7, 11) is 0. The van der Waals surface area contributed by atoms with Gasteiger partial charge >= 0.3 is 0 Å². The number of benzene rings is 8. The first kappa shape index (κ1) is 48.3. The van der Waals surface area contributed by atoms with Crippen molar-refractivity contribution in [2.24, 2.45) is 5.92 Å². The molecular formula is C70H65N4OPt-3. The third-order valence-electron chi connectivity index (χ3n) is 14.9. The molecule has 1 aliphatic heterocycles. The van der Waals surface area contributed by atoms with E-state index in [1.807, 2.05) is 38.2 Å². The Labute approximate surface area is 465 Å². The third kappa shape index (κ3) is 9.01. The van der Waals surface area contributed by atoms with Gasteiger partial charge in [-0.1, -0.05) is 197 Å². The maximum absolute atomic E-state index is 9.45. The van der Waals surface area contributed by atoms with Crippen LogP contribution in [0, 0.1) is 24.7 Å². The van der Waals surface area contributed by atoms with Crippen LogP contribution in [0.3, 0.4) is 0 Å². The van der Waals surface area contributed by atoms with Gasteiger partial charge in [-0.2, -0.15) is 12.1 Å². The molecule has 5 nitrogen and oxygen atoms in total. The second-order valence-electron chi connectivity index (χ2n) is 23.7. The number of ether oxygens (including phenoxy) is 1. The largest absolute Gasteiger partial charge is 0.509 e. The first-order valence-corrected chi connectivity index (χ1v) is 26.4. The van der Waals surface area contributed by atoms with Crippen molar-refractivity contribution in [3.05, 3.63) is 211 Å². The summed E-state index contributed by atoms with van der Waals surface area (Å²) in [6.45, 7) is 26.3. The molecule has 8 aromatic carbocycles. The number of rotatable bonds is 7. The topological polar surface area (TPSA) is 35.2 Å². The summed E-state index contributed by atoms with van der Waals surface area (Å²) in [6, 6.07) is 65.8. The zero-order valence-corrected chi connectivity index (χ0v) is 47.6. The van der Waals surface area contributed by atoms with Gasteiger partial charge < -0.3 is 18.8 Å². The van der Waals surface area contributed by atoms with Gasteiger partial charge in [0.15, 0.2) is 0 Å². The van der Waals surface area contributed by atoms with Crippen molar-refractivity contribution in [2.45, 2.75) is 98.8 Å². The predicted molar refractivity (Wildman–Crippen MR) is 317 cm³/mol. The van der Waals surface area contributed by atoms with Gasteiger partial charge in [0.05, 0.1) is 0 Å². The van der Waals surface area contributed by atoms with E-state index < -0.39 is 6.37 Å². The molecule has 76 heavy (non-hydrogen) atoms. The summed E-state index contributed by atoms with van der Waals surface area (Å²) < 4.78 is 30.3. The molecule has 0 radical (unpaired) electrons. The van der Waals surface area contributed by atoms with E-state index in [4.69, 9.17) is 9.72 Å². The van der Waals surface area contributed by atoms with Crippen LogP contribution in [-0.4, -0.2) is 14.1 Å². The number of anilines is 2. The Morgan fingerprint density at radius 1 is 0.553 bits per heavy atom. The Hall–Kier alpha value is -7.33. The van der Waals surface area contributed by atoms with Crippen LogP contribution in [0.4, 0.5) is 11.4 Å². The monoisotopic (exact) mass is 1170 g/mol. The number of fused-ring (bicyclic) bond motifs is 10. The molecule has 12 rings (SSSR count). The third-order valence-corrected chi connectivity index (χ3v) is 14.9. The quantitative estimate of drug-likeness (QED) is 0.149. The fourth-order valence-corrected chi connectivity index (χ4v) is 11.0. The van der Waals surface area contributed by atoms with Gasteiger partial charge in [-0.3, -0.25) is 0 Å². The minimum absolute atomic E-state index is 0. The minimum atomic E-state index is -1.56. The zero-order valence-electron chi connectivity index (χ0n) is 47.3. The van der Waals surface area contributed by atoms with E-state index in [1.54, 1.807) is 0 Å². The fraction of sp³-hybridized carbons (Fsp3) is 0.229. The van der Waals surface area contributed by atoms with Crippen molar-refractivity contribution < 1.29 is 28.5 Å². The van der Waals surface area contributed by atoms with Crippen molar-refractivity contribution in [1.82, 2.24) is 14.1 Å². The maximum atomic E-state index is 9.45. The van der Waals surface area contributed by atoms with Crippen LogP contribution in [0.15, 0.2) is 170 Å². The van der Waals surface area contributed by atoms with E-state index in [-0.39, 0.29) is 43.2 Å². The standard InChI is InChI=1S/C70H65N4O.Pt/c1-44(2)34-45-35-46(37-48(36-45)69(6,7)8)53-27-19-28-60-56-24-14-12-22-54(56)55-23-13-15-25-57(55)61-38-49(70(9,10)11)39-64-67(61)73(66(53)60)43-72(64)50-20-18-21-51(41-50)75-52-30-31-59-58-26-16-17-29-62(58)74(63(59)42-52)65-40-47(32-33-71-65)68(3,4)5;/h12-33,35-40,43-44H,34H2,1-11H3;/q-3;/i34D2;. The molecule has 11 aromatic rings. The summed E-state index contributed by atoms with van der Waals surface area (Å²) >= 11 is 0. The van der Waals surface area contributed by atoms with Crippen molar-refractivity contribution in [2.75, 3.05) is 4.90 Å². The predicted octanol–water partition coefficient (Wildman–Crippen LogP) is 19.0. The van der Waals surface area contributed by atoms with Gasteiger partial charge in [0.2, 0.25) is 0 Å². The van der Waals surface area contributed by atoms with Crippen LogP contribution in [0.25, 0.3) is 82.1 Å². The Morgan fingerprint density at radius 3 is 1.84 bits per heavy atom. The van der Waals surface area contributed by atoms with Gasteiger partial charge in [0.25, 0.3) is 0 Å². The summed E-state index contributed by atoms with van der Waals surface area (Å²) in [5.74, 6) is 1.73. The maximum Gasteiger partial charge on any atom is 0.135 e. The summed E-state index contributed by atoms with van der Waals surface area (Å²) in [5.41, 5.74) is 11.5. The molecule has 0 N–H and O–H groups in total. The molecule has 0 saturated carbocycles. The number of para-hydroxylation sites is 2. The molecular weight excluding hydrogens is 1110 g/mol. The minimum Gasteiger partial charge on any atom is -0.509 e. The van der Waals surface area contributed by atoms with Crippen LogP contribution < -0.4 is 9.64 Å². The molecule has 384 valence electrons. The van der Waals surface area contributed by atoms with Gasteiger partial charge in [-0.05, 0) is 142 Å². The van der Waals surface area contributed by atoms with Crippen LogP contribution in [0.2, 0.25) is 0 Å². The average Bonchev–Trinajstić information content (AvgIpc) is 4.12. The molecule has 0 fully saturated rings. The molecule has 0 saturated heterocycles. The SMILES string of the molecule is [2H]C([2H])(c1cc(-c2cccc3c4ccccc4c4ccccc4c4cc(C(C)(C)C)cc5c4n(c23)[CH-]N5c2[c-]c(Oc3[c-]c4c(cc3)c3ccccc3n4-c3cc(C(C)(C)C)ccn3)ccc2)cc(C(C)(C)C)c1)C(C)C.[Pt]. The molecule has 0 amide bonds. The van der Waals surface area contributed by atoms with Crippen LogP contribution in [-0.2, 0) is 43.7 Å². The van der Waals surface area contributed by atoms with Crippen molar-refractivity contribution in [3.63, 3.8) is 0 Å². The van der Waals surface area contributed by atoms with Crippen LogP contribution in [0.1, 0.15) is 101 Å². The van der Waals surface area contributed by atoms with Gasteiger partial charge in [0.1, 0.15) is 5.82 Å². The van der Waals surface area contributed by atoms with E-state index in [2.05, 4.69) is 241 Å². The molecule has 6 heteroatoms. The number of pyridine rings is 1. The van der Waals surface area contributed by atoms with Crippen LogP contribution in [0.5, 0.6) is 11.5 Å². The molecule has 3 aromatic heterocycles. The van der Waals surface area contributed by atoms with Gasteiger partial charge in [0, 0.05) is 52.7 Å². The summed E-state index contributed by atoms with van der Waals surface area (Å²) in [5, 5.41) is 8.95. The second kappa shape index (κ2) is 19.0. The number of hydrogen-bond acceptors (Lipinski definition) is 3. The smallest absolute Gasteiger partial charge is 0.135 e. The van der Waals surface area contributed by atoms with Crippen molar-refractivity contribution in [3.8, 4) is 28.4 Å². The van der Waals surface area contributed by atoms with Crippen LogP contribution >= 0.6 is 0 Å². The molecule has 0 bridgehead atoms. The Morgan fingerprint density at radius 2 is 1.16 bits per heavy atom. The molecule has 1 aliphatic rings. The van der Waals surface area contributed by atoms with E-state index in [0.29, 0.717) is 17.1 Å². The van der Waals surface area contributed by atoms with Gasteiger partial charge in [-0.15, -0.1) is 35.7 Å². The van der Waals surface area contributed by atoms with E-state index in [1.165, 1.54) is 11.1 Å². The molecule has 0 unspecified atom stereocenters. The van der Waals surface area contributed by atoms with Crippen molar-refractivity contribution in [1.29, 1.82) is 0 Å². The van der Waals surface area contributed by atoms with E-state index in [0.717, 1.165) is 99.0 Å². The molecule has 0 aliphatic carbocycles. The first-order valence-electron chi connectivity index (χ1n) is 27.4. The Balaban J connectivity index is 0.00000645. The van der Waals surface area contributed by atoms with E-state index in [9.17, 15) is 2.74 Å². The molecule has 0 spiro atoms. The number of aromatic nitrogens is 3. The normalized spacial score (nSPS) is 13.4. The Kier molecular flexibility index (Phi) is 12.1. The molecule has 4 heterocycles. The second-order valence-corrected chi connectivity index (χ2v) is 23.7. The number of hydrogen-bond donors (Lipinski definition) is 0. The fourth-order valence-electron chi connectivity index (χ4n) is 11.0.